The third-order valence-corrected chi connectivity index (χ3v) is 4.67. The summed E-state index contributed by atoms with van der Waals surface area (Å²) in [7, 11) is 0. The monoisotopic (exact) mass is 320 g/mol. The van der Waals surface area contributed by atoms with Gasteiger partial charge in [-0.2, -0.15) is 0 Å². The van der Waals surface area contributed by atoms with Crippen LogP contribution < -0.4 is 0 Å². The first-order valence-electron chi connectivity index (χ1n) is 8.96. The molecule has 0 aliphatic rings. The van der Waals surface area contributed by atoms with E-state index in [9.17, 15) is 0 Å². The molecule has 0 saturated heterocycles. The highest BCUT2D eigenvalue weighted by molar-refractivity contribution is 5.42. The molecule has 0 unspecified atom stereocenters. The van der Waals surface area contributed by atoms with E-state index >= 15 is 0 Å². The molecule has 0 nitrogen and oxygen atoms in total. The smallest absolute Gasteiger partial charge is 0.00614 e. The van der Waals surface area contributed by atoms with Crippen LogP contribution in [0.2, 0.25) is 0 Å². The van der Waals surface area contributed by atoms with Gasteiger partial charge >= 0.3 is 0 Å². The summed E-state index contributed by atoms with van der Waals surface area (Å²) in [6.07, 6.45) is 0. The summed E-state index contributed by atoms with van der Waals surface area (Å²) in [4.78, 5) is 0. The highest BCUT2D eigenvalue weighted by Crippen LogP contribution is 2.33. The molecule has 0 fully saturated rings. The van der Waals surface area contributed by atoms with Crippen molar-refractivity contribution in [3.8, 4) is 0 Å². The summed E-state index contributed by atoms with van der Waals surface area (Å²) in [5.41, 5.74) is 8.02. The van der Waals surface area contributed by atoms with Crippen molar-refractivity contribution in [2.45, 2.75) is 79.1 Å². The predicted octanol–water partition coefficient (Wildman–Crippen LogP) is 6.65. The zero-order chi connectivity index (χ0) is 18.3. The Morgan fingerprint density at radius 3 is 1.29 bits per heavy atom. The van der Waals surface area contributed by atoms with Crippen LogP contribution in [0.1, 0.15) is 87.8 Å². The Hall–Kier alpha value is -1.56. The highest BCUT2D eigenvalue weighted by Gasteiger charge is 2.20. The number of benzene rings is 2. The summed E-state index contributed by atoms with van der Waals surface area (Å²) in [5.74, 6) is 0.369. The zero-order valence-electron chi connectivity index (χ0n) is 16.9. The van der Waals surface area contributed by atoms with Gasteiger partial charge in [0.25, 0.3) is 0 Å². The molecule has 0 spiro atoms. The van der Waals surface area contributed by atoms with E-state index in [0.29, 0.717) is 5.92 Å². The first kappa shape index (κ1) is 18.8. The Bertz CT molecular complexity index is 657. The van der Waals surface area contributed by atoms with Crippen molar-refractivity contribution in [3.05, 3.63) is 69.8 Å². The molecular formula is C24H32. The van der Waals surface area contributed by atoms with Crippen LogP contribution in [0.5, 0.6) is 0 Å². The Kier molecular flexibility index (Phi) is 5.00. The van der Waals surface area contributed by atoms with Crippen molar-refractivity contribution >= 4 is 0 Å². The van der Waals surface area contributed by atoms with Crippen molar-refractivity contribution in [1.29, 1.82) is 0 Å². The molecule has 128 valence electrons. The molecule has 24 heavy (non-hydrogen) atoms. The third-order valence-electron chi connectivity index (χ3n) is 4.67. The lowest BCUT2D eigenvalue weighted by Gasteiger charge is -2.24. The molecule has 2 radical (unpaired) electrons. The van der Waals surface area contributed by atoms with Gasteiger partial charge in [-0.1, -0.05) is 72.7 Å². The minimum Gasteiger partial charge on any atom is -0.0561 e. The van der Waals surface area contributed by atoms with Crippen LogP contribution in [-0.2, 0) is 10.8 Å². The summed E-state index contributed by atoms with van der Waals surface area (Å²) in [5, 5.41) is 0. The average Bonchev–Trinajstić information content (AvgIpc) is 2.43. The predicted molar refractivity (Wildman–Crippen MR) is 105 cm³/mol. The third kappa shape index (κ3) is 4.29. The van der Waals surface area contributed by atoms with Gasteiger partial charge in [0.2, 0.25) is 0 Å². The molecule has 0 aliphatic heterocycles. The molecule has 0 amide bonds. The first-order valence-corrected chi connectivity index (χ1v) is 8.96. The molecule has 0 N–H and O–H groups in total. The lowest BCUT2D eigenvalue weighted by Crippen LogP contribution is -2.14. The second-order valence-corrected chi connectivity index (χ2v) is 9.24. The average molecular weight is 321 g/mol. The second-order valence-electron chi connectivity index (χ2n) is 9.24. The molecule has 0 heterocycles. The Morgan fingerprint density at radius 2 is 1.00 bits per heavy atom. The fourth-order valence-corrected chi connectivity index (χ4v) is 2.99. The quantitative estimate of drug-likeness (QED) is 0.581. The molecule has 0 aromatic heterocycles. The van der Waals surface area contributed by atoms with Gasteiger partial charge in [0, 0.05) is 5.92 Å². The van der Waals surface area contributed by atoms with Crippen molar-refractivity contribution in [3.63, 3.8) is 0 Å². The standard InChI is InChI=1S/C24H32/c1-16-10-19(14-21(12-16)23(4,5)6)18(3)20-11-17(2)13-22(15-20)24(7,8)9/h10-11,14-15,18H,1-9H3. The van der Waals surface area contributed by atoms with E-state index < -0.39 is 0 Å². The van der Waals surface area contributed by atoms with E-state index in [0.717, 1.165) is 0 Å². The molecular weight excluding hydrogens is 288 g/mol. The minimum absolute atomic E-state index is 0.122. The van der Waals surface area contributed by atoms with Gasteiger partial charge in [-0.15, -0.1) is 0 Å². The van der Waals surface area contributed by atoms with E-state index in [1.165, 1.54) is 33.4 Å². The minimum atomic E-state index is 0.122. The van der Waals surface area contributed by atoms with Gasteiger partial charge in [0.15, 0.2) is 0 Å². The van der Waals surface area contributed by atoms with Crippen LogP contribution in [0.25, 0.3) is 0 Å². The maximum absolute atomic E-state index is 3.53. The number of hydrogen-bond donors (Lipinski definition) is 0. The SMILES string of the molecule is Cc1[c]c(C(C)(C)C)cc(C(C)c2cc(C)[c]c(C(C)(C)C)c2)c1. The van der Waals surface area contributed by atoms with Crippen LogP contribution in [-0.4, -0.2) is 0 Å². The Labute approximate surface area is 149 Å². The van der Waals surface area contributed by atoms with Gasteiger partial charge in [-0.3, -0.25) is 0 Å². The van der Waals surface area contributed by atoms with Gasteiger partial charge in [-0.05, 0) is 70.2 Å². The summed E-state index contributed by atoms with van der Waals surface area (Å²) < 4.78 is 0. The van der Waals surface area contributed by atoms with Crippen molar-refractivity contribution in [1.82, 2.24) is 0 Å². The molecule has 2 aromatic carbocycles. The number of aryl methyl sites for hydroxylation is 2. The zero-order valence-corrected chi connectivity index (χ0v) is 16.9. The Balaban J connectivity index is 2.51. The fraction of sp³-hybridized carbons (Fsp3) is 0.500. The van der Waals surface area contributed by atoms with Crippen molar-refractivity contribution in [2.75, 3.05) is 0 Å². The summed E-state index contributed by atoms with van der Waals surface area (Å²) >= 11 is 0. The van der Waals surface area contributed by atoms with E-state index in [2.05, 4.69) is 98.7 Å². The maximum Gasteiger partial charge on any atom is 0.00614 e. The van der Waals surface area contributed by atoms with E-state index in [1.807, 2.05) is 0 Å². The van der Waals surface area contributed by atoms with Crippen LogP contribution in [0.15, 0.2) is 24.3 Å². The normalized spacial score (nSPS) is 12.8. The molecule has 0 bridgehead atoms. The fourth-order valence-electron chi connectivity index (χ4n) is 2.99. The van der Waals surface area contributed by atoms with Gasteiger partial charge in [-0.25, -0.2) is 0 Å². The number of rotatable bonds is 2. The molecule has 0 atom stereocenters. The second kappa shape index (κ2) is 6.39. The molecule has 0 aliphatic carbocycles. The van der Waals surface area contributed by atoms with Crippen LogP contribution in [0.4, 0.5) is 0 Å². The van der Waals surface area contributed by atoms with Crippen molar-refractivity contribution in [2.24, 2.45) is 0 Å². The van der Waals surface area contributed by atoms with E-state index in [4.69, 9.17) is 0 Å². The molecule has 0 heteroatoms. The maximum atomic E-state index is 3.53. The lowest BCUT2D eigenvalue weighted by atomic mass is 9.80. The van der Waals surface area contributed by atoms with Gasteiger partial charge < -0.3 is 0 Å². The van der Waals surface area contributed by atoms with Crippen LogP contribution in [0, 0.1) is 26.0 Å². The van der Waals surface area contributed by atoms with Gasteiger partial charge in [0.1, 0.15) is 0 Å². The van der Waals surface area contributed by atoms with Gasteiger partial charge in [0.05, 0.1) is 0 Å². The summed E-state index contributed by atoms with van der Waals surface area (Å²) in [6, 6.07) is 16.3. The van der Waals surface area contributed by atoms with Crippen LogP contribution in [0.3, 0.4) is 0 Å². The number of hydrogen-bond acceptors (Lipinski definition) is 0. The summed E-state index contributed by atoms with van der Waals surface area (Å²) in [6.45, 7) is 20.1. The molecule has 2 rings (SSSR count). The first-order chi connectivity index (χ1) is 10.9. The molecule has 0 saturated carbocycles. The van der Waals surface area contributed by atoms with Crippen molar-refractivity contribution < 1.29 is 0 Å². The topological polar surface area (TPSA) is 0 Å². The lowest BCUT2D eigenvalue weighted by molar-refractivity contribution is 0.585. The Morgan fingerprint density at radius 1 is 0.667 bits per heavy atom. The molecule has 2 aromatic rings. The largest absolute Gasteiger partial charge is 0.0561 e. The van der Waals surface area contributed by atoms with E-state index in [-0.39, 0.29) is 10.8 Å². The van der Waals surface area contributed by atoms with E-state index in [1.54, 1.807) is 0 Å². The van der Waals surface area contributed by atoms with Crippen LogP contribution >= 0.6 is 0 Å². The highest BCUT2D eigenvalue weighted by atomic mass is 14.2.